The number of nitrogens with zero attached hydrogens (tertiary/aromatic N) is 1. The zero-order valence-electron chi connectivity index (χ0n) is 11.8. The second kappa shape index (κ2) is 5.55. The van der Waals surface area contributed by atoms with E-state index in [0.717, 1.165) is 31.0 Å². The molecule has 0 saturated heterocycles. The molecule has 1 heterocycles. The van der Waals surface area contributed by atoms with Gasteiger partial charge in [0, 0.05) is 25.7 Å². The summed E-state index contributed by atoms with van der Waals surface area (Å²) in [5, 5.41) is 3.49. The highest BCUT2D eigenvalue weighted by atomic mass is 15.2. The Morgan fingerprint density at radius 3 is 2.75 bits per heavy atom. The number of hydrogen-bond acceptors (Lipinski definition) is 3. The monoisotopic (exact) mass is 267 g/mol. The molecule has 3 heteroatoms. The first kappa shape index (κ1) is 13.0. The number of nitrogens with two attached hydrogens (primary N) is 1. The first-order valence-corrected chi connectivity index (χ1v) is 7.13. The second-order valence-corrected chi connectivity index (χ2v) is 5.50. The van der Waals surface area contributed by atoms with Crippen LogP contribution in [0.3, 0.4) is 0 Å². The van der Waals surface area contributed by atoms with Gasteiger partial charge in [-0.2, -0.15) is 0 Å². The fourth-order valence-electron chi connectivity index (χ4n) is 2.75. The Morgan fingerprint density at radius 2 is 1.95 bits per heavy atom. The minimum Gasteiger partial charge on any atom is -0.397 e. The van der Waals surface area contributed by atoms with Crippen LogP contribution < -0.4 is 11.1 Å². The number of anilines is 2. The molecule has 20 heavy (non-hydrogen) atoms. The maximum absolute atomic E-state index is 6.07. The van der Waals surface area contributed by atoms with Gasteiger partial charge in [-0.05, 0) is 24.1 Å². The third-order valence-electron chi connectivity index (χ3n) is 3.98. The molecular formula is C17H21N3. The lowest BCUT2D eigenvalue weighted by atomic mass is 10.1. The Bertz CT molecular complexity index is 580. The number of nitrogen functional groups attached to an aromatic ring is 1. The molecule has 0 saturated carbocycles. The van der Waals surface area contributed by atoms with E-state index >= 15 is 0 Å². The molecule has 0 bridgehead atoms. The fourth-order valence-corrected chi connectivity index (χ4v) is 2.75. The van der Waals surface area contributed by atoms with Crippen LogP contribution in [0.25, 0.3) is 0 Å². The molecule has 0 amide bonds. The van der Waals surface area contributed by atoms with Crippen LogP contribution >= 0.6 is 0 Å². The van der Waals surface area contributed by atoms with E-state index in [1.54, 1.807) is 0 Å². The molecule has 0 radical (unpaired) electrons. The topological polar surface area (TPSA) is 41.3 Å². The largest absolute Gasteiger partial charge is 0.397 e. The van der Waals surface area contributed by atoms with E-state index in [0.29, 0.717) is 6.04 Å². The van der Waals surface area contributed by atoms with Gasteiger partial charge in [-0.25, -0.2) is 0 Å². The van der Waals surface area contributed by atoms with Gasteiger partial charge in [0.15, 0.2) is 0 Å². The van der Waals surface area contributed by atoms with E-state index in [9.17, 15) is 0 Å². The van der Waals surface area contributed by atoms with Gasteiger partial charge < -0.3 is 11.1 Å². The van der Waals surface area contributed by atoms with Crippen molar-refractivity contribution < 1.29 is 0 Å². The molecule has 2 aromatic carbocycles. The van der Waals surface area contributed by atoms with E-state index in [4.69, 9.17) is 5.73 Å². The first-order valence-electron chi connectivity index (χ1n) is 7.13. The van der Waals surface area contributed by atoms with Crippen LogP contribution in [0.4, 0.5) is 11.4 Å². The van der Waals surface area contributed by atoms with E-state index in [1.807, 2.05) is 12.1 Å². The Hall–Kier alpha value is -2.00. The van der Waals surface area contributed by atoms with Crippen molar-refractivity contribution in [1.82, 2.24) is 4.90 Å². The molecule has 0 spiro atoms. The molecule has 104 valence electrons. The number of hydrogen-bond donors (Lipinski definition) is 2. The molecular weight excluding hydrogens is 246 g/mol. The zero-order chi connectivity index (χ0) is 13.9. The molecule has 1 unspecified atom stereocenters. The average molecular weight is 267 g/mol. The van der Waals surface area contributed by atoms with Crippen molar-refractivity contribution in [3.63, 3.8) is 0 Å². The van der Waals surface area contributed by atoms with Gasteiger partial charge in [-0.1, -0.05) is 42.5 Å². The smallest absolute Gasteiger partial charge is 0.0620 e. The maximum Gasteiger partial charge on any atom is 0.0620 e. The lowest BCUT2D eigenvalue weighted by Crippen LogP contribution is -2.34. The van der Waals surface area contributed by atoms with Crippen LogP contribution in [0.1, 0.15) is 18.1 Å². The van der Waals surface area contributed by atoms with Gasteiger partial charge in [0.2, 0.25) is 0 Å². The molecule has 0 aromatic heterocycles. The lowest BCUT2D eigenvalue weighted by molar-refractivity contribution is 0.203. The van der Waals surface area contributed by atoms with Gasteiger partial charge in [0.25, 0.3) is 0 Å². The van der Waals surface area contributed by atoms with Crippen molar-refractivity contribution in [2.75, 3.05) is 17.6 Å². The van der Waals surface area contributed by atoms with Crippen molar-refractivity contribution >= 4 is 11.4 Å². The summed E-state index contributed by atoms with van der Waals surface area (Å²) in [7, 11) is 0. The molecule has 3 nitrogen and oxygen atoms in total. The average Bonchev–Trinajstić information content (AvgIpc) is 2.61. The molecule has 0 fully saturated rings. The summed E-state index contributed by atoms with van der Waals surface area (Å²) in [6.07, 6.45) is 0. The van der Waals surface area contributed by atoms with Crippen LogP contribution in [0, 0.1) is 0 Å². The van der Waals surface area contributed by atoms with Gasteiger partial charge in [0.1, 0.15) is 0 Å². The normalized spacial score (nSPS) is 18.9. The van der Waals surface area contributed by atoms with Crippen molar-refractivity contribution in [2.24, 2.45) is 0 Å². The van der Waals surface area contributed by atoms with Crippen LogP contribution in [0.5, 0.6) is 0 Å². The Balaban J connectivity index is 1.85. The van der Waals surface area contributed by atoms with Gasteiger partial charge in [-0.3, -0.25) is 4.90 Å². The SMILES string of the molecule is CC1CNc2c(N)cccc2CN1Cc1ccccc1. The summed E-state index contributed by atoms with van der Waals surface area (Å²) >= 11 is 0. The summed E-state index contributed by atoms with van der Waals surface area (Å²) < 4.78 is 0. The summed E-state index contributed by atoms with van der Waals surface area (Å²) in [4.78, 5) is 2.49. The predicted octanol–water partition coefficient (Wildman–Crippen LogP) is 3.09. The zero-order valence-corrected chi connectivity index (χ0v) is 11.8. The third kappa shape index (κ3) is 2.63. The van der Waals surface area contributed by atoms with E-state index in [2.05, 4.69) is 53.5 Å². The van der Waals surface area contributed by atoms with Crippen LogP contribution in [-0.2, 0) is 13.1 Å². The second-order valence-electron chi connectivity index (χ2n) is 5.50. The van der Waals surface area contributed by atoms with Gasteiger partial charge in [0.05, 0.1) is 11.4 Å². The summed E-state index contributed by atoms with van der Waals surface area (Å²) in [5.41, 5.74) is 10.7. The first-order chi connectivity index (χ1) is 9.74. The summed E-state index contributed by atoms with van der Waals surface area (Å²) in [6.45, 7) is 5.09. The van der Waals surface area contributed by atoms with Crippen molar-refractivity contribution in [1.29, 1.82) is 0 Å². The van der Waals surface area contributed by atoms with Crippen LogP contribution in [-0.4, -0.2) is 17.5 Å². The predicted molar refractivity (Wildman–Crippen MR) is 84.5 cm³/mol. The number of fused-ring (bicyclic) bond motifs is 1. The lowest BCUT2D eigenvalue weighted by Gasteiger charge is -2.26. The van der Waals surface area contributed by atoms with Crippen molar-refractivity contribution in [2.45, 2.75) is 26.1 Å². The number of benzene rings is 2. The highest BCUT2D eigenvalue weighted by Crippen LogP contribution is 2.28. The summed E-state index contributed by atoms with van der Waals surface area (Å²) in [6, 6.07) is 17.3. The number of rotatable bonds is 2. The van der Waals surface area contributed by atoms with Crippen molar-refractivity contribution in [3.05, 3.63) is 59.7 Å². The molecule has 1 aliphatic heterocycles. The molecule has 2 aromatic rings. The standard InChI is InChI=1S/C17H21N3/c1-13-10-19-17-15(8-5-9-16(17)18)12-20(13)11-14-6-3-2-4-7-14/h2-9,13,19H,10-12,18H2,1H3. The minimum atomic E-state index is 0.474. The van der Waals surface area contributed by atoms with E-state index in [1.165, 1.54) is 11.1 Å². The Labute approximate surface area is 120 Å². The Kier molecular flexibility index (Phi) is 3.61. The highest BCUT2D eigenvalue weighted by molar-refractivity contribution is 5.70. The third-order valence-corrected chi connectivity index (χ3v) is 3.98. The van der Waals surface area contributed by atoms with Crippen LogP contribution in [0.15, 0.2) is 48.5 Å². The highest BCUT2D eigenvalue weighted by Gasteiger charge is 2.21. The minimum absolute atomic E-state index is 0.474. The fraction of sp³-hybridized carbons (Fsp3) is 0.294. The molecule has 3 rings (SSSR count). The molecule has 1 aliphatic rings. The number of nitrogens with one attached hydrogen (secondary N) is 1. The maximum atomic E-state index is 6.07. The Morgan fingerprint density at radius 1 is 1.15 bits per heavy atom. The quantitative estimate of drug-likeness (QED) is 0.822. The summed E-state index contributed by atoms with van der Waals surface area (Å²) in [5.74, 6) is 0. The molecule has 0 aliphatic carbocycles. The van der Waals surface area contributed by atoms with Gasteiger partial charge in [-0.15, -0.1) is 0 Å². The number of para-hydroxylation sites is 1. The molecule has 3 N–H and O–H groups in total. The van der Waals surface area contributed by atoms with Gasteiger partial charge >= 0.3 is 0 Å². The van der Waals surface area contributed by atoms with E-state index < -0.39 is 0 Å². The van der Waals surface area contributed by atoms with Crippen molar-refractivity contribution in [3.8, 4) is 0 Å². The molecule has 1 atom stereocenters. The van der Waals surface area contributed by atoms with Crippen LogP contribution in [0.2, 0.25) is 0 Å². The van der Waals surface area contributed by atoms with E-state index in [-0.39, 0.29) is 0 Å².